The number of hydrogen-bond acceptors (Lipinski definition) is 1. The normalized spacial score (nSPS) is 7.53. The maximum absolute atomic E-state index is 9.00. The molecule has 0 fully saturated rings. The maximum Gasteiger partial charge on any atom is 0.300 e. The van der Waals surface area contributed by atoms with Crippen molar-refractivity contribution < 1.29 is 9.90 Å². The molecule has 84 valence electrons. The average molecular weight is 208 g/mol. The van der Waals surface area contributed by atoms with Crippen LogP contribution >= 0.6 is 0 Å². The van der Waals surface area contributed by atoms with E-state index in [0.717, 1.165) is 6.92 Å². The summed E-state index contributed by atoms with van der Waals surface area (Å²) in [7, 11) is 0. The molecule has 0 aliphatic carbocycles. The fourth-order valence-electron chi connectivity index (χ4n) is 0.838. The van der Waals surface area contributed by atoms with Crippen molar-refractivity contribution in [3.8, 4) is 0 Å². The SMILES string of the molecule is CB(C)c1ccccc1.CC.CC(=O)O. The van der Waals surface area contributed by atoms with Crippen molar-refractivity contribution in [2.24, 2.45) is 0 Å². The summed E-state index contributed by atoms with van der Waals surface area (Å²) in [6, 6.07) is 10.5. The molecule has 3 heteroatoms. The molecule has 0 aromatic heterocycles. The van der Waals surface area contributed by atoms with Crippen LogP contribution in [0.3, 0.4) is 0 Å². The summed E-state index contributed by atoms with van der Waals surface area (Å²) in [6.45, 7) is 10.1. The molecule has 0 aliphatic heterocycles. The van der Waals surface area contributed by atoms with Gasteiger partial charge in [0.25, 0.3) is 5.97 Å². The van der Waals surface area contributed by atoms with Crippen molar-refractivity contribution in [1.82, 2.24) is 0 Å². The van der Waals surface area contributed by atoms with E-state index in [9.17, 15) is 0 Å². The predicted molar refractivity (Wildman–Crippen MR) is 68.2 cm³/mol. The Bertz CT molecular complexity index is 241. The highest BCUT2D eigenvalue weighted by atomic mass is 16.4. The fourth-order valence-corrected chi connectivity index (χ4v) is 0.838. The zero-order valence-electron chi connectivity index (χ0n) is 10.3. The summed E-state index contributed by atoms with van der Waals surface area (Å²) >= 11 is 0. The number of hydrogen-bond donors (Lipinski definition) is 1. The molecular weight excluding hydrogens is 187 g/mol. The molecule has 0 radical (unpaired) electrons. The molecule has 1 rings (SSSR count). The smallest absolute Gasteiger partial charge is 0.300 e. The molecule has 0 saturated heterocycles. The lowest BCUT2D eigenvalue weighted by atomic mass is 9.49. The molecule has 0 unspecified atom stereocenters. The molecule has 15 heavy (non-hydrogen) atoms. The highest BCUT2D eigenvalue weighted by molar-refractivity contribution is 6.70. The van der Waals surface area contributed by atoms with Gasteiger partial charge >= 0.3 is 0 Å². The van der Waals surface area contributed by atoms with Gasteiger partial charge in [0.2, 0.25) is 0 Å². The molecule has 0 bridgehead atoms. The standard InChI is InChI=1S/C8H11B.C2H4O2.C2H6/c1-9(2)8-6-4-3-5-7-8;1-2(3)4;1-2/h3-7H,1-2H3;1H3,(H,3,4);1-2H3. The minimum Gasteiger partial charge on any atom is -0.481 e. The van der Waals surface area contributed by atoms with Crippen LogP contribution in [0.25, 0.3) is 0 Å². The molecule has 1 aromatic carbocycles. The topological polar surface area (TPSA) is 37.3 Å². The zero-order chi connectivity index (χ0) is 12.3. The van der Waals surface area contributed by atoms with E-state index >= 15 is 0 Å². The monoisotopic (exact) mass is 208 g/mol. The first-order valence-corrected chi connectivity index (χ1v) is 5.28. The van der Waals surface area contributed by atoms with E-state index in [1.807, 2.05) is 19.9 Å². The van der Waals surface area contributed by atoms with Crippen LogP contribution in [0.2, 0.25) is 13.6 Å². The van der Waals surface area contributed by atoms with Gasteiger partial charge in [0.05, 0.1) is 0 Å². The molecule has 0 heterocycles. The number of carboxylic acid groups (broad SMARTS) is 1. The second kappa shape index (κ2) is 10.8. The Labute approximate surface area is 93.4 Å². The molecule has 0 spiro atoms. The number of rotatable bonds is 1. The van der Waals surface area contributed by atoms with E-state index in [4.69, 9.17) is 9.90 Å². The highest BCUT2D eigenvalue weighted by Gasteiger charge is 1.98. The van der Waals surface area contributed by atoms with E-state index in [1.54, 1.807) is 0 Å². The number of carbonyl (C=O) groups is 1. The summed E-state index contributed by atoms with van der Waals surface area (Å²) in [6.07, 6.45) is 0. The second-order valence-corrected chi connectivity index (χ2v) is 3.08. The first-order chi connectivity index (χ1) is 7.04. The van der Waals surface area contributed by atoms with Gasteiger partial charge in [-0.15, -0.1) is 0 Å². The third kappa shape index (κ3) is 12.8. The van der Waals surface area contributed by atoms with Gasteiger partial charge in [-0.05, 0) is 0 Å². The van der Waals surface area contributed by atoms with Gasteiger partial charge in [0.15, 0.2) is 6.71 Å². The Morgan fingerprint density at radius 3 is 1.67 bits per heavy atom. The molecule has 1 N–H and O–H groups in total. The minimum absolute atomic E-state index is 0.659. The summed E-state index contributed by atoms with van der Waals surface area (Å²) in [5.74, 6) is -0.833. The number of benzene rings is 1. The van der Waals surface area contributed by atoms with Crippen molar-refractivity contribution in [3.05, 3.63) is 30.3 Å². The highest BCUT2D eigenvalue weighted by Crippen LogP contribution is 1.85. The van der Waals surface area contributed by atoms with Crippen molar-refractivity contribution in [2.75, 3.05) is 0 Å². The Balaban J connectivity index is 0. The van der Waals surface area contributed by atoms with Crippen molar-refractivity contribution in [3.63, 3.8) is 0 Å². The third-order valence-corrected chi connectivity index (χ3v) is 1.47. The number of carboxylic acids is 1. The van der Waals surface area contributed by atoms with Gasteiger partial charge in [0, 0.05) is 6.92 Å². The maximum atomic E-state index is 9.00. The Hall–Kier alpha value is -1.25. The van der Waals surface area contributed by atoms with Crippen LogP contribution in [0.4, 0.5) is 0 Å². The van der Waals surface area contributed by atoms with Gasteiger partial charge in [-0.2, -0.15) is 0 Å². The van der Waals surface area contributed by atoms with Gasteiger partial charge in [-0.3, -0.25) is 4.79 Å². The van der Waals surface area contributed by atoms with E-state index in [0.29, 0.717) is 6.71 Å². The van der Waals surface area contributed by atoms with Gasteiger partial charge in [-0.1, -0.05) is 63.3 Å². The summed E-state index contributed by atoms with van der Waals surface area (Å²) in [4.78, 5) is 9.00. The second-order valence-electron chi connectivity index (χ2n) is 3.08. The van der Waals surface area contributed by atoms with Gasteiger partial charge < -0.3 is 5.11 Å². The number of aliphatic carboxylic acids is 1. The third-order valence-electron chi connectivity index (χ3n) is 1.47. The molecule has 2 nitrogen and oxygen atoms in total. The predicted octanol–water partition coefficient (Wildman–Crippen LogP) is 2.77. The lowest BCUT2D eigenvalue weighted by Crippen LogP contribution is -2.21. The average Bonchev–Trinajstić information content (AvgIpc) is 2.21. The van der Waals surface area contributed by atoms with Crippen molar-refractivity contribution in [2.45, 2.75) is 34.4 Å². The van der Waals surface area contributed by atoms with Gasteiger partial charge in [0.1, 0.15) is 0 Å². The summed E-state index contributed by atoms with van der Waals surface area (Å²) < 4.78 is 0. The van der Waals surface area contributed by atoms with Crippen LogP contribution in [-0.2, 0) is 4.79 Å². The van der Waals surface area contributed by atoms with Crippen molar-refractivity contribution >= 4 is 18.1 Å². The first kappa shape index (κ1) is 16.2. The minimum atomic E-state index is -0.833. The fraction of sp³-hybridized carbons (Fsp3) is 0.417. The summed E-state index contributed by atoms with van der Waals surface area (Å²) in [5, 5.41) is 7.42. The van der Waals surface area contributed by atoms with Crippen LogP contribution in [0.5, 0.6) is 0 Å². The van der Waals surface area contributed by atoms with Gasteiger partial charge in [-0.25, -0.2) is 0 Å². The largest absolute Gasteiger partial charge is 0.481 e. The van der Waals surface area contributed by atoms with E-state index in [1.165, 1.54) is 5.46 Å². The lowest BCUT2D eigenvalue weighted by Gasteiger charge is -1.98. The lowest BCUT2D eigenvalue weighted by molar-refractivity contribution is -0.134. The Kier molecular flexibility index (Phi) is 11.7. The van der Waals surface area contributed by atoms with Crippen LogP contribution in [0, 0.1) is 0 Å². The van der Waals surface area contributed by atoms with Crippen LogP contribution in [-0.4, -0.2) is 17.8 Å². The Morgan fingerprint density at radius 2 is 1.47 bits per heavy atom. The van der Waals surface area contributed by atoms with E-state index < -0.39 is 5.97 Å². The zero-order valence-corrected chi connectivity index (χ0v) is 10.3. The first-order valence-electron chi connectivity index (χ1n) is 5.28. The van der Waals surface area contributed by atoms with Crippen LogP contribution < -0.4 is 5.46 Å². The molecular formula is C12H21BO2. The molecule has 1 aromatic rings. The van der Waals surface area contributed by atoms with E-state index in [-0.39, 0.29) is 0 Å². The van der Waals surface area contributed by atoms with E-state index in [2.05, 4.69) is 37.9 Å². The van der Waals surface area contributed by atoms with Crippen LogP contribution in [0.1, 0.15) is 20.8 Å². The Morgan fingerprint density at radius 1 is 1.13 bits per heavy atom. The van der Waals surface area contributed by atoms with Crippen LogP contribution in [0.15, 0.2) is 30.3 Å². The molecule has 0 saturated carbocycles. The molecule has 0 atom stereocenters. The quantitative estimate of drug-likeness (QED) is 0.720. The molecule has 0 amide bonds. The summed E-state index contributed by atoms with van der Waals surface area (Å²) in [5.41, 5.74) is 1.41. The molecule has 0 aliphatic rings. The van der Waals surface area contributed by atoms with Crippen molar-refractivity contribution in [1.29, 1.82) is 0 Å².